The van der Waals surface area contributed by atoms with Crippen molar-refractivity contribution in [2.45, 2.75) is 25.6 Å². The largest absolute Gasteiger partial charge is 0.283 e. The zero-order valence-corrected chi connectivity index (χ0v) is 17.5. The summed E-state index contributed by atoms with van der Waals surface area (Å²) in [5.41, 5.74) is 2.85. The van der Waals surface area contributed by atoms with Crippen molar-refractivity contribution in [2.24, 2.45) is 0 Å². The van der Waals surface area contributed by atoms with Crippen LogP contribution in [0.5, 0.6) is 0 Å². The van der Waals surface area contributed by atoms with Gasteiger partial charge < -0.3 is 0 Å². The second-order valence-electron chi connectivity index (χ2n) is 7.14. The molecule has 4 nitrogen and oxygen atoms in total. The number of hydrogen-bond acceptors (Lipinski definition) is 3. The van der Waals surface area contributed by atoms with Gasteiger partial charge in [-0.1, -0.05) is 76.6 Å². The van der Waals surface area contributed by atoms with E-state index in [0.717, 1.165) is 15.6 Å². The summed E-state index contributed by atoms with van der Waals surface area (Å²) in [5.74, 6) is -0.322. The number of imide groups is 1. The molecule has 146 valence electrons. The van der Waals surface area contributed by atoms with Crippen LogP contribution in [-0.4, -0.2) is 22.8 Å². The zero-order chi connectivity index (χ0) is 20.2. The number of benzene rings is 3. The van der Waals surface area contributed by atoms with Gasteiger partial charge in [0, 0.05) is 17.6 Å². The normalized spacial score (nSPS) is 16.6. The van der Waals surface area contributed by atoms with E-state index in [1.54, 1.807) is 12.1 Å². The predicted molar refractivity (Wildman–Crippen MR) is 117 cm³/mol. The molecule has 3 aromatic rings. The Morgan fingerprint density at radius 2 is 1.31 bits per heavy atom. The molecular weight excluding hydrogens is 428 g/mol. The highest BCUT2D eigenvalue weighted by molar-refractivity contribution is 9.10. The number of carbonyl (C=O) groups excluding carboxylic acids is 2. The summed E-state index contributed by atoms with van der Waals surface area (Å²) < 4.78 is 0.909. The molecule has 1 aliphatic rings. The molecule has 1 aliphatic heterocycles. The Morgan fingerprint density at radius 1 is 0.793 bits per heavy atom. The van der Waals surface area contributed by atoms with Gasteiger partial charge in [-0.2, -0.15) is 0 Å². The summed E-state index contributed by atoms with van der Waals surface area (Å²) >= 11 is 3.40. The summed E-state index contributed by atoms with van der Waals surface area (Å²) in [6.07, 6.45) is 0.189. The maximum atomic E-state index is 13.3. The molecule has 0 bridgehead atoms. The number of carbonyl (C=O) groups is 2. The van der Waals surface area contributed by atoms with E-state index in [-0.39, 0.29) is 18.2 Å². The van der Waals surface area contributed by atoms with Crippen LogP contribution < -0.4 is 4.90 Å². The molecule has 1 saturated heterocycles. The van der Waals surface area contributed by atoms with Gasteiger partial charge in [0.25, 0.3) is 5.91 Å². The van der Waals surface area contributed by atoms with E-state index in [1.165, 1.54) is 4.90 Å². The van der Waals surface area contributed by atoms with Crippen molar-refractivity contribution < 1.29 is 9.59 Å². The molecular formula is C24H21BrN2O2. The smallest absolute Gasteiger partial charge is 0.251 e. The standard InChI is InChI=1S/C24H21BrN2O2/c25-20-11-13-21(14-12-20)27-23(28)15-22(24(27)29)26(16-18-7-3-1-4-8-18)17-19-9-5-2-6-10-19/h1-14,22H,15-17H2/t22-/m1/s1. The molecule has 0 spiro atoms. The third-order valence-electron chi connectivity index (χ3n) is 5.11. The van der Waals surface area contributed by atoms with E-state index in [0.29, 0.717) is 18.8 Å². The number of amides is 2. The first-order chi connectivity index (χ1) is 14.1. The minimum Gasteiger partial charge on any atom is -0.283 e. The fourth-order valence-corrected chi connectivity index (χ4v) is 3.94. The molecule has 1 atom stereocenters. The Hall–Kier alpha value is -2.76. The van der Waals surface area contributed by atoms with Crippen LogP contribution in [0.25, 0.3) is 0 Å². The maximum absolute atomic E-state index is 13.3. The summed E-state index contributed by atoms with van der Waals surface area (Å²) in [7, 11) is 0. The SMILES string of the molecule is O=C1C[C@@H](N(Cc2ccccc2)Cc2ccccc2)C(=O)N1c1ccc(Br)cc1. The molecule has 1 fully saturated rings. The molecule has 5 heteroatoms. The van der Waals surface area contributed by atoms with E-state index >= 15 is 0 Å². The molecule has 0 aromatic heterocycles. The minimum absolute atomic E-state index is 0.159. The molecule has 29 heavy (non-hydrogen) atoms. The van der Waals surface area contributed by atoms with Crippen LogP contribution in [0, 0.1) is 0 Å². The Labute approximate surface area is 178 Å². The van der Waals surface area contributed by atoms with E-state index in [9.17, 15) is 9.59 Å². The quantitative estimate of drug-likeness (QED) is 0.509. The van der Waals surface area contributed by atoms with Crippen LogP contribution in [0.3, 0.4) is 0 Å². The van der Waals surface area contributed by atoms with Gasteiger partial charge in [-0.15, -0.1) is 0 Å². The van der Waals surface area contributed by atoms with E-state index < -0.39 is 6.04 Å². The monoisotopic (exact) mass is 448 g/mol. The van der Waals surface area contributed by atoms with Crippen LogP contribution in [-0.2, 0) is 22.7 Å². The van der Waals surface area contributed by atoms with Crippen LogP contribution >= 0.6 is 15.9 Å². The number of halogens is 1. The van der Waals surface area contributed by atoms with Gasteiger partial charge in [0.2, 0.25) is 5.91 Å². The highest BCUT2D eigenvalue weighted by atomic mass is 79.9. The van der Waals surface area contributed by atoms with Gasteiger partial charge in [0.15, 0.2) is 0 Å². The summed E-state index contributed by atoms with van der Waals surface area (Å²) in [6.45, 7) is 1.21. The lowest BCUT2D eigenvalue weighted by molar-refractivity contribution is -0.123. The second-order valence-corrected chi connectivity index (χ2v) is 8.06. The average molecular weight is 449 g/mol. The fraction of sp³-hybridized carbons (Fsp3) is 0.167. The molecule has 1 heterocycles. The lowest BCUT2D eigenvalue weighted by Crippen LogP contribution is -2.41. The van der Waals surface area contributed by atoms with Crippen LogP contribution in [0.1, 0.15) is 17.5 Å². The maximum Gasteiger partial charge on any atom is 0.251 e. The van der Waals surface area contributed by atoms with Crippen LogP contribution in [0.4, 0.5) is 5.69 Å². The molecule has 0 aliphatic carbocycles. The Bertz CT molecular complexity index is 949. The van der Waals surface area contributed by atoms with Gasteiger partial charge in [0.05, 0.1) is 18.2 Å². The first kappa shape index (κ1) is 19.6. The molecule has 3 aromatic carbocycles. The van der Waals surface area contributed by atoms with E-state index in [1.807, 2.05) is 72.8 Å². The van der Waals surface area contributed by atoms with Crippen LogP contribution in [0.15, 0.2) is 89.4 Å². The Kier molecular flexibility index (Phi) is 5.88. The molecule has 0 unspecified atom stereocenters. The average Bonchev–Trinajstić information content (AvgIpc) is 3.04. The third-order valence-corrected chi connectivity index (χ3v) is 5.63. The number of nitrogens with zero attached hydrogens (tertiary/aromatic N) is 2. The fourth-order valence-electron chi connectivity index (χ4n) is 3.67. The lowest BCUT2D eigenvalue weighted by Gasteiger charge is -2.27. The Morgan fingerprint density at radius 3 is 1.83 bits per heavy atom. The van der Waals surface area contributed by atoms with Crippen LogP contribution in [0.2, 0.25) is 0 Å². The van der Waals surface area contributed by atoms with Crippen molar-refractivity contribution in [2.75, 3.05) is 4.90 Å². The van der Waals surface area contributed by atoms with Gasteiger partial charge in [-0.25, -0.2) is 4.90 Å². The van der Waals surface area contributed by atoms with Gasteiger partial charge in [-0.3, -0.25) is 14.5 Å². The topological polar surface area (TPSA) is 40.6 Å². The first-order valence-electron chi connectivity index (χ1n) is 9.56. The predicted octanol–water partition coefficient (Wildman–Crippen LogP) is 4.78. The van der Waals surface area contributed by atoms with Crippen molar-refractivity contribution in [3.63, 3.8) is 0 Å². The number of rotatable bonds is 6. The van der Waals surface area contributed by atoms with Gasteiger partial charge >= 0.3 is 0 Å². The molecule has 0 N–H and O–H groups in total. The van der Waals surface area contributed by atoms with Crippen molar-refractivity contribution in [3.05, 3.63) is 101 Å². The Balaban J connectivity index is 1.62. The number of anilines is 1. The summed E-state index contributed by atoms with van der Waals surface area (Å²) in [4.78, 5) is 29.5. The van der Waals surface area contributed by atoms with Crippen molar-refractivity contribution in [1.29, 1.82) is 0 Å². The van der Waals surface area contributed by atoms with E-state index in [4.69, 9.17) is 0 Å². The van der Waals surface area contributed by atoms with Gasteiger partial charge in [-0.05, 0) is 35.4 Å². The second kappa shape index (κ2) is 8.72. The zero-order valence-electron chi connectivity index (χ0n) is 15.9. The van der Waals surface area contributed by atoms with E-state index in [2.05, 4.69) is 20.8 Å². The third kappa shape index (κ3) is 4.47. The van der Waals surface area contributed by atoms with Crippen molar-refractivity contribution in [3.8, 4) is 0 Å². The molecule has 2 amide bonds. The lowest BCUT2D eigenvalue weighted by atomic mass is 10.1. The number of hydrogen-bond donors (Lipinski definition) is 0. The highest BCUT2D eigenvalue weighted by Gasteiger charge is 2.42. The minimum atomic E-state index is -0.480. The van der Waals surface area contributed by atoms with Gasteiger partial charge in [0.1, 0.15) is 0 Å². The molecule has 0 saturated carbocycles. The summed E-state index contributed by atoms with van der Waals surface area (Å²) in [6, 6.07) is 26.9. The molecule has 0 radical (unpaired) electrons. The summed E-state index contributed by atoms with van der Waals surface area (Å²) in [5, 5.41) is 0. The van der Waals surface area contributed by atoms with Crippen molar-refractivity contribution in [1.82, 2.24) is 4.90 Å². The molecule has 4 rings (SSSR count). The highest BCUT2D eigenvalue weighted by Crippen LogP contribution is 2.28. The van der Waals surface area contributed by atoms with Crippen molar-refractivity contribution >= 4 is 33.4 Å². The first-order valence-corrected chi connectivity index (χ1v) is 10.4.